The van der Waals surface area contributed by atoms with Crippen LogP contribution in [0.5, 0.6) is 0 Å². The molecule has 2 N–H and O–H groups in total. The number of imide groups is 1. The van der Waals surface area contributed by atoms with Crippen LogP contribution in [-0.2, 0) is 25.7 Å². The molecule has 0 bridgehead atoms. The third-order valence-corrected chi connectivity index (χ3v) is 9.87. The molecule has 0 saturated carbocycles. The van der Waals surface area contributed by atoms with Crippen molar-refractivity contribution in [2.45, 2.75) is 77.8 Å². The first-order chi connectivity index (χ1) is 23.5. The van der Waals surface area contributed by atoms with Crippen molar-refractivity contribution >= 4 is 54.4 Å². The zero-order chi connectivity index (χ0) is 34.8. The minimum absolute atomic E-state index is 0.0431. The number of halogens is 2. The predicted octanol–water partition coefficient (Wildman–Crippen LogP) is 4.43. The summed E-state index contributed by atoms with van der Waals surface area (Å²) in [5, 5.41) is 5.25. The number of aliphatic imine (C=N–C) groups is 1. The topological polar surface area (TPSA) is 133 Å². The summed E-state index contributed by atoms with van der Waals surface area (Å²) in [5.41, 5.74) is 4.62. The van der Waals surface area contributed by atoms with Crippen LogP contribution in [0.1, 0.15) is 84.2 Å². The van der Waals surface area contributed by atoms with E-state index in [0.717, 1.165) is 28.6 Å². The number of hydrogen-bond acceptors (Lipinski definition) is 6. The highest BCUT2D eigenvalue weighted by molar-refractivity contribution is 6.41. The van der Waals surface area contributed by atoms with Crippen LogP contribution in [-0.4, -0.2) is 76.1 Å². The van der Waals surface area contributed by atoms with Crippen LogP contribution in [0, 0.1) is 19.8 Å². The number of nitrogens with one attached hydrogen (secondary N) is 2. The normalized spacial score (nSPS) is 20.2. The lowest BCUT2D eigenvalue weighted by atomic mass is 9.91. The molecule has 2 saturated heterocycles. The van der Waals surface area contributed by atoms with Gasteiger partial charge in [-0.2, -0.15) is 0 Å². The van der Waals surface area contributed by atoms with E-state index in [4.69, 9.17) is 0 Å². The summed E-state index contributed by atoms with van der Waals surface area (Å²) in [4.78, 5) is 70.8. The summed E-state index contributed by atoms with van der Waals surface area (Å²) in [6.45, 7) is 4.85. The first-order valence-corrected chi connectivity index (χ1v) is 16.8. The molecule has 256 valence electrons. The Morgan fingerprint density at radius 3 is 2.59 bits per heavy atom. The van der Waals surface area contributed by atoms with E-state index in [1.807, 2.05) is 11.0 Å². The van der Waals surface area contributed by atoms with Gasteiger partial charge in [0, 0.05) is 72.8 Å². The number of likely N-dealkylation sites (tertiary alicyclic amines) is 1. The Morgan fingerprint density at radius 2 is 1.86 bits per heavy atom. The molecule has 0 aliphatic carbocycles. The quantitative estimate of drug-likeness (QED) is 0.285. The Morgan fingerprint density at radius 1 is 1.08 bits per heavy atom. The number of anilines is 1. The van der Waals surface area contributed by atoms with E-state index in [1.165, 1.54) is 4.90 Å². The number of amides is 5. The second-order valence-corrected chi connectivity index (χ2v) is 13.1. The SMILES string of the molecule is Cc1cc(C)n(B(F)F)c1/C=C1/C=CC(CCC(=O)N2CCC(CCC(=O)Nc3cccc4c3CN(C3CCC(=O)NC3=O)C4=O)CC2)=N1. The minimum atomic E-state index is -2.64. The number of aryl methyl sites for hydroxylation is 2. The summed E-state index contributed by atoms with van der Waals surface area (Å²) in [5.74, 6) is -0.936. The lowest BCUT2D eigenvalue weighted by Gasteiger charge is -2.32. The van der Waals surface area contributed by atoms with Crippen molar-refractivity contribution in [1.82, 2.24) is 19.6 Å². The number of rotatable bonds is 10. The standard InChI is InChI=1S/C35H39BF2N6O5/c1-21-18-22(2)44(36(37)38)30(21)19-25-8-7-24(39-25)9-13-33(47)42-16-14-23(15-17-42)6-11-31(45)40-28-5-3-4-26-27(28)20-43(35(26)49)29-10-12-32(46)41-34(29)48/h3-5,7-8,18-19,23,29H,6,9-17,20H2,1-2H3,(H,40,45)(H,41,46,48)/b25-19-. The van der Waals surface area contributed by atoms with E-state index >= 15 is 0 Å². The van der Waals surface area contributed by atoms with E-state index in [0.29, 0.717) is 78.6 Å². The van der Waals surface area contributed by atoms with Gasteiger partial charge < -0.3 is 19.6 Å². The third-order valence-electron chi connectivity index (χ3n) is 9.87. The van der Waals surface area contributed by atoms with Crippen molar-refractivity contribution in [3.05, 3.63) is 70.2 Å². The molecule has 0 spiro atoms. The fourth-order valence-corrected chi connectivity index (χ4v) is 7.18. The average molecular weight is 673 g/mol. The largest absolute Gasteiger partial charge is 0.677 e. The Bertz CT molecular complexity index is 1790. The third kappa shape index (κ3) is 7.42. The Hall–Kier alpha value is -4.88. The van der Waals surface area contributed by atoms with Gasteiger partial charge in [-0.25, -0.2) is 0 Å². The van der Waals surface area contributed by atoms with Crippen LogP contribution in [0.25, 0.3) is 6.08 Å². The summed E-state index contributed by atoms with van der Waals surface area (Å²) < 4.78 is 28.1. The molecule has 1 atom stereocenters. The number of aromatic nitrogens is 1. The number of hydrogen-bond donors (Lipinski definition) is 2. The van der Waals surface area contributed by atoms with Gasteiger partial charge in [0.25, 0.3) is 5.91 Å². The first kappa shape index (κ1) is 34.0. The molecular weight excluding hydrogens is 633 g/mol. The number of allylic oxidation sites excluding steroid dienone is 2. The molecule has 49 heavy (non-hydrogen) atoms. The zero-order valence-corrected chi connectivity index (χ0v) is 27.6. The van der Waals surface area contributed by atoms with E-state index in [-0.39, 0.29) is 43.0 Å². The van der Waals surface area contributed by atoms with E-state index in [2.05, 4.69) is 15.6 Å². The van der Waals surface area contributed by atoms with Crippen molar-refractivity contribution in [3.63, 3.8) is 0 Å². The van der Waals surface area contributed by atoms with Gasteiger partial charge in [-0.15, -0.1) is 0 Å². The van der Waals surface area contributed by atoms with Crippen LogP contribution in [0.3, 0.4) is 0 Å². The van der Waals surface area contributed by atoms with Crippen LogP contribution in [0.4, 0.5) is 14.3 Å². The van der Waals surface area contributed by atoms with Gasteiger partial charge in [-0.3, -0.25) is 42.9 Å². The fourth-order valence-electron chi connectivity index (χ4n) is 7.18. The fraction of sp³-hybridized carbons (Fsp3) is 0.429. The molecule has 4 aliphatic heterocycles. The summed E-state index contributed by atoms with van der Waals surface area (Å²) in [6, 6.07) is 6.13. The zero-order valence-electron chi connectivity index (χ0n) is 27.6. The highest BCUT2D eigenvalue weighted by atomic mass is 19.2. The maximum atomic E-state index is 13.5. The van der Waals surface area contributed by atoms with Crippen molar-refractivity contribution < 1.29 is 32.6 Å². The van der Waals surface area contributed by atoms with Gasteiger partial charge in [0.2, 0.25) is 23.6 Å². The van der Waals surface area contributed by atoms with Crippen LogP contribution in [0.15, 0.2) is 47.1 Å². The summed E-state index contributed by atoms with van der Waals surface area (Å²) in [6.07, 6.45) is 9.02. The molecule has 11 nitrogen and oxygen atoms in total. The molecule has 0 radical (unpaired) electrons. The van der Waals surface area contributed by atoms with Gasteiger partial charge >= 0.3 is 7.40 Å². The van der Waals surface area contributed by atoms with E-state index in [9.17, 15) is 32.6 Å². The number of carbonyl (C=O) groups excluding carboxylic acids is 5. The number of nitrogens with zero attached hydrogens (tertiary/aromatic N) is 4. The lowest BCUT2D eigenvalue weighted by molar-refractivity contribution is -0.137. The first-order valence-electron chi connectivity index (χ1n) is 16.8. The van der Waals surface area contributed by atoms with Gasteiger partial charge in [-0.05, 0) is 93.9 Å². The second-order valence-electron chi connectivity index (χ2n) is 13.1. The second kappa shape index (κ2) is 14.3. The van der Waals surface area contributed by atoms with Crippen molar-refractivity contribution in [1.29, 1.82) is 0 Å². The molecule has 2 fully saturated rings. The smallest absolute Gasteiger partial charge is 0.343 e. The summed E-state index contributed by atoms with van der Waals surface area (Å²) in [7, 11) is -2.64. The Balaban J connectivity index is 0.940. The maximum absolute atomic E-state index is 13.5. The molecular formula is C35H39BF2N6O5. The van der Waals surface area contributed by atoms with Gasteiger partial charge in [-0.1, -0.05) is 6.07 Å². The minimum Gasteiger partial charge on any atom is -0.343 e. The van der Waals surface area contributed by atoms with E-state index in [1.54, 1.807) is 50.3 Å². The Labute approximate surface area is 283 Å². The number of carbonyl (C=O) groups is 5. The number of fused-ring (bicyclic) bond motifs is 1. The van der Waals surface area contributed by atoms with Crippen molar-refractivity contribution in [3.8, 4) is 0 Å². The maximum Gasteiger partial charge on any atom is 0.677 e. The molecule has 5 heterocycles. The number of piperidine rings is 2. The van der Waals surface area contributed by atoms with Crippen LogP contribution < -0.4 is 10.6 Å². The molecule has 14 heteroatoms. The Kier molecular flexibility index (Phi) is 9.93. The highest BCUT2D eigenvalue weighted by Gasteiger charge is 2.40. The van der Waals surface area contributed by atoms with Crippen LogP contribution in [0.2, 0.25) is 0 Å². The molecule has 1 aromatic heterocycles. The molecule has 2 aromatic rings. The van der Waals surface area contributed by atoms with Gasteiger partial charge in [0.1, 0.15) is 6.04 Å². The van der Waals surface area contributed by atoms with Crippen molar-refractivity contribution in [2.24, 2.45) is 10.9 Å². The lowest BCUT2D eigenvalue weighted by Crippen LogP contribution is -2.52. The molecule has 4 aliphatic rings. The highest BCUT2D eigenvalue weighted by Crippen LogP contribution is 2.33. The number of benzene rings is 1. The average Bonchev–Trinajstić information content (AvgIpc) is 3.74. The summed E-state index contributed by atoms with van der Waals surface area (Å²) >= 11 is 0. The van der Waals surface area contributed by atoms with Crippen LogP contribution >= 0.6 is 0 Å². The van der Waals surface area contributed by atoms with Crippen molar-refractivity contribution in [2.75, 3.05) is 18.4 Å². The molecule has 1 unspecified atom stereocenters. The monoisotopic (exact) mass is 672 g/mol. The molecule has 6 rings (SSSR count). The van der Waals surface area contributed by atoms with E-state index < -0.39 is 19.4 Å². The molecule has 5 amide bonds. The van der Waals surface area contributed by atoms with Gasteiger partial charge in [0.15, 0.2) is 0 Å². The predicted molar refractivity (Wildman–Crippen MR) is 181 cm³/mol. The van der Waals surface area contributed by atoms with Gasteiger partial charge in [0.05, 0.1) is 5.70 Å². The molecule has 1 aromatic carbocycles.